The highest BCUT2D eigenvalue weighted by molar-refractivity contribution is 7.53. The minimum atomic E-state index is -4.31. The van der Waals surface area contributed by atoms with Gasteiger partial charge in [0.05, 0.1) is 6.16 Å². The summed E-state index contributed by atoms with van der Waals surface area (Å²) in [4.78, 5) is 49.8. The standard InChI is InChI=1S/C14H21N2O10P/c1-9(2-5-13(18)19)8-27(23,24)26-7-11(14(20)21)16-12(17)4-3-10(15)6-25-22/h6,22H,1-5,7-8,15H2,(H,18,19)(H,20,21)(H,23,24)/b10-6-,16-11?. The molecule has 1 amide bonds. The third-order valence-corrected chi connectivity index (χ3v) is 4.24. The third-order valence-electron chi connectivity index (χ3n) is 2.86. The number of carbonyl (C=O) groups excluding carboxylic acids is 1. The number of allylic oxidation sites excluding steroid dienone is 2. The zero-order valence-electron chi connectivity index (χ0n) is 14.2. The van der Waals surface area contributed by atoms with E-state index < -0.39 is 43.9 Å². The van der Waals surface area contributed by atoms with Gasteiger partial charge < -0.3 is 30.3 Å². The van der Waals surface area contributed by atoms with Gasteiger partial charge in [-0.1, -0.05) is 12.2 Å². The molecule has 0 spiro atoms. The van der Waals surface area contributed by atoms with Crippen molar-refractivity contribution in [1.29, 1.82) is 0 Å². The van der Waals surface area contributed by atoms with E-state index in [0.717, 1.165) is 6.26 Å². The molecule has 0 bridgehead atoms. The van der Waals surface area contributed by atoms with E-state index in [2.05, 4.69) is 21.0 Å². The molecule has 12 nitrogen and oxygen atoms in total. The second kappa shape index (κ2) is 12.0. The molecule has 0 aliphatic heterocycles. The summed E-state index contributed by atoms with van der Waals surface area (Å²) in [6, 6.07) is 0. The molecule has 0 aromatic rings. The molecule has 0 aromatic heterocycles. The third kappa shape index (κ3) is 12.5. The molecule has 0 aliphatic carbocycles. The van der Waals surface area contributed by atoms with Gasteiger partial charge in [0, 0.05) is 18.5 Å². The van der Waals surface area contributed by atoms with E-state index in [9.17, 15) is 23.8 Å². The average Bonchev–Trinajstić information content (AvgIpc) is 2.54. The first-order valence-corrected chi connectivity index (χ1v) is 9.16. The lowest BCUT2D eigenvalue weighted by Crippen LogP contribution is -2.21. The van der Waals surface area contributed by atoms with Crippen LogP contribution >= 0.6 is 7.60 Å². The van der Waals surface area contributed by atoms with Crippen LogP contribution in [-0.2, 0) is 28.4 Å². The van der Waals surface area contributed by atoms with Crippen molar-refractivity contribution in [2.75, 3.05) is 12.8 Å². The SMILES string of the molecule is C=C(CCC(=O)O)CP(=O)(O)OCC(=NC(=O)CC/C(N)=C/OO)C(=O)O. The van der Waals surface area contributed by atoms with E-state index >= 15 is 0 Å². The van der Waals surface area contributed by atoms with Crippen LogP contribution < -0.4 is 5.73 Å². The number of aliphatic imine (C=N–C) groups is 1. The summed E-state index contributed by atoms with van der Waals surface area (Å²) in [7, 11) is -4.31. The molecule has 152 valence electrons. The zero-order valence-corrected chi connectivity index (χ0v) is 15.1. The van der Waals surface area contributed by atoms with Crippen molar-refractivity contribution >= 4 is 31.2 Å². The fourth-order valence-electron chi connectivity index (χ4n) is 1.58. The summed E-state index contributed by atoms with van der Waals surface area (Å²) >= 11 is 0. The van der Waals surface area contributed by atoms with Gasteiger partial charge >= 0.3 is 19.5 Å². The maximum absolute atomic E-state index is 11.9. The van der Waals surface area contributed by atoms with Gasteiger partial charge in [-0.15, -0.1) is 0 Å². The Morgan fingerprint density at radius 3 is 2.30 bits per heavy atom. The Kier molecular flexibility index (Phi) is 10.8. The van der Waals surface area contributed by atoms with Crippen LogP contribution in [0.15, 0.2) is 29.1 Å². The van der Waals surface area contributed by atoms with Crippen LogP contribution in [0.2, 0.25) is 0 Å². The van der Waals surface area contributed by atoms with Crippen LogP contribution in [0.25, 0.3) is 0 Å². The highest BCUT2D eigenvalue weighted by Gasteiger charge is 2.24. The van der Waals surface area contributed by atoms with Gasteiger partial charge in [-0.25, -0.2) is 15.0 Å². The van der Waals surface area contributed by atoms with E-state index in [1.807, 2.05) is 0 Å². The minimum absolute atomic E-state index is 0.00825. The normalized spacial score (nSPS) is 14.3. The molecule has 0 rings (SSSR count). The molecule has 27 heavy (non-hydrogen) atoms. The van der Waals surface area contributed by atoms with E-state index in [1.165, 1.54) is 0 Å². The van der Waals surface area contributed by atoms with Gasteiger partial charge in [0.2, 0.25) is 5.91 Å². The number of hydrogen-bond acceptors (Lipinski definition) is 8. The number of hydrogen-bond donors (Lipinski definition) is 5. The average molecular weight is 408 g/mol. The Balaban J connectivity index is 4.76. The van der Waals surface area contributed by atoms with Crippen LogP contribution in [0, 0.1) is 0 Å². The second-order valence-corrected chi connectivity index (χ2v) is 7.12. The monoisotopic (exact) mass is 408 g/mol. The summed E-state index contributed by atoms with van der Waals surface area (Å²) in [5.74, 6) is -3.62. The molecule has 0 saturated heterocycles. The maximum Gasteiger partial charge on any atom is 0.352 e. The Labute approximate surface area is 154 Å². The van der Waals surface area contributed by atoms with Crippen LogP contribution in [0.3, 0.4) is 0 Å². The summed E-state index contributed by atoms with van der Waals surface area (Å²) in [5.41, 5.74) is 4.70. The number of carboxylic acid groups (broad SMARTS) is 2. The lowest BCUT2D eigenvalue weighted by atomic mass is 10.2. The van der Waals surface area contributed by atoms with E-state index in [1.54, 1.807) is 0 Å². The molecule has 0 aromatic carbocycles. The highest BCUT2D eigenvalue weighted by Crippen LogP contribution is 2.44. The van der Waals surface area contributed by atoms with Crippen molar-refractivity contribution in [3.8, 4) is 0 Å². The van der Waals surface area contributed by atoms with Crippen LogP contribution in [0.4, 0.5) is 0 Å². The van der Waals surface area contributed by atoms with Crippen LogP contribution in [-0.4, -0.2) is 56.7 Å². The number of carboxylic acids is 2. The number of carbonyl (C=O) groups is 3. The first-order valence-electron chi connectivity index (χ1n) is 7.40. The molecule has 0 aliphatic rings. The van der Waals surface area contributed by atoms with Crippen LogP contribution in [0.5, 0.6) is 0 Å². The van der Waals surface area contributed by atoms with Gasteiger partial charge in [0.15, 0.2) is 5.71 Å². The Hall–Kier alpha value is -2.53. The van der Waals surface area contributed by atoms with Crippen molar-refractivity contribution in [3.05, 3.63) is 24.1 Å². The second-order valence-electron chi connectivity index (χ2n) is 5.27. The largest absolute Gasteiger partial charge is 0.481 e. The topological polar surface area (TPSA) is 206 Å². The summed E-state index contributed by atoms with van der Waals surface area (Å²) in [6.07, 6.45) is -0.493. The molecular weight excluding hydrogens is 387 g/mol. The fraction of sp³-hybridized carbons (Fsp3) is 0.429. The van der Waals surface area contributed by atoms with Crippen molar-refractivity contribution in [2.45, 2.75) is 25.7 Å². The van der Waals surface area contributed by atoms with Gasteiger partial charge in [0.25, 0.3) is 0 Å². The molecule has 0 heterocycles. The Morgan fingerprint density at radius 1 is 1.15 bits per heavy atom. The number of rotatable bonds is 13. The number of nitrogens with zero attached hydrogens (tertiary/aromatic N) is 1. The molecular formula is C14H21N2O10P. The van der Waals surface area contributed by atoms with Crippen LogP contribution in [0.1, 0.15) is 25.7 Å². The van der Waals surface area contributed by atoms with Crippen molar-refractivity contribution in [3.63, 3.8) is 0 Å². The van der Waals surface area contributed by atoms with Gasteiger partial charge in [-0.05, 0) is 12.8 Å². The lowest BCUT2D eigenvalue weighted by Gasteiger charge is -2.13. The molecule has 1 unspecified atom stereocenters. The van der Waals surface area contributed by atoms with Gasteiger partial charge in [-0.3, -0.25) is 14.2 Å². The maximum atomic E-state index is 11.9. The minimum Gasteiger partial charge on any atom is -0.481 e. The quantitative estimate of drug-likeness (QED) is 0.0716. The molecule has 6 N–H and O–H groups in total. The molecule has 1 atom stereocenters. The Bertz CT molecular complexity index is 685. The zero-order chi connectivity index (χ0) is 21.0. The van der Waals surface area contributed by atoms with E-state index in [-0.39, 0.29) is 37.0 Å². The summed E-state index contributed by atoms with van der Waals surface area (Å²) < 4.78 is 16.5. The van der Waals surface area contributed by atoms with E-state index in [4.69, 9.17) is 21.2 Å². The van der Waals surface area contributed by atoms with Gasteiger partial charge in [0.1, 0.15) is 12.9 Å². The lowest BCUT2D eigenvalue weighted by molar-refractivity contribution is -0.187. The fourth-order valence-corrected chi connectivity index (χ4v) is 2.72. The van der Waals surface area contributed by atoms with E-state index in [0.29, 0.717) is 0 Å². The highest BCUT2D eigenvalue weighted by atomic mass is 31.2. The molecule has 13 heteroatoms. The van der Waals surface area contributed by atoms with Crippen molar-refractivity contribution < 1.29 is 48.7 Å². The summed E-state index contributed by atoms with van der Waals surface area (Å²) in [5, 5.41) is 25.7. The molecule has 0 saturated carbocycles. The van der Waals surface area contributed by atoms with Crippen molar-refractivity contribution in [2.24, 2.45) is 10.7 Å². The molecule has 0 fully saturated rings. The first kappa shape index (κ1) is 24.5. The predicted octanol–water partition coefficient (Wildman–Crippen LogP) is 0.731. The first-order chi connectivity index (χ1) is 12.5. The van der Waals surface area contributed by atoms with Gasteiger partial charge in [-0.2, -0.15) is 0 Å². The molecule has 0 radical (unpaired) electrons. The number of aliphatic carboxylic acids is 2. The smallest absolute Gasteiger partial charge is 0.352 e. The Morgan fingerprint density at radius 2 is 1.78 bits per heavy atom. The number of nitrogens with two attached hydrogens (primary N) is 1. The predicted molar refractivity (Wildman–Crippen MR) is 92.0 cm³/mol. The van der Waals surface area contributed by atoms with Crippen molar-refractivity contribution in [1.82, 2.24) is 0 Å². The summed E-state index contributed by atoms with van der Waals surface area (Å²) in [6.45, 7) is 2.53. The number of amides is 1.